The van der Waals surface area contributed by atoms with Crippen LogP contribution in [0.2, 0.25) is 5.02 Å². The third kappa shape index (κ3) is 2.96. The van der Waals surface area contributed by atoms with Gasteiger partial charge in [-0.2, -0.15) is 0 Å². The number of nitrogens with one attached hydrogen (secondary N) is 2. The van der Waals surface area contributed by atoms with Crippen LogP contribution in [0.1, 0.15) is 12.8 Å². The van der Waals surface area contributed by atoms with E-state index in [9.17, 15) is 9.18 Å². The Morgan fingerprint density at radius 2 is 2.23 bits per heavy atom. The molecule has 22 heavy (non-hydrogen) atoms. The molecule has 0 radical (unpaired) electrons. The molecular formula is C16H15ClFN3O. The summed E-state index contributed by atoms with van der Waals surface area (Å²) in [6.45, 7) is 0.810. The molecule has 114 valence electrons. The predicted molar refractivity (Wildman–Crippen MR) is 84.3 cm³/mol. The Kier molecular flexibility index (Phi) is 4.36. The van der Waals surface area contributed by atoms with Crippen molar-refractivity contribution >= 4 is 23.2 Å². The molecule has 1 fully saturated rings. The van der Waals surface area contributed by atoms with E-state index in [2.05, 4.69) is 15.6 Å². The first-order valence-electron chi connectivity index (χ1n) is 7.10. The van der Waals surface area contributed by atoms with Crippen LogP contribution >= 0.6 is 11.6 Å². The van der Waals surface area contributed by atoms with Gasteiger partial charge in [0.15, 0.2) is 5.82 Å². The maximum Gasteiger partial charge on any atom is 0.241 e. The van der Waals surface area contributed by atoms with Gasteiger partial charge in [0.1, 0.15) is 0 Å². The van der Waals surface area contributed by atoms with Crippen molar-refractivity contribution < 1.29 is 9.18 Å². The van der Waals surface area contributed by atoms with E-state index in [1.54, 1.807) is 30.5 Å². The summed E-state index contributed by atoms with van der Waals surface area (Å²) in [6.07, 6.45) is 3.26. The highest BCUT2D eigenvalue weighted by Gasteiger charge is 2.23. The molecule has 2 heterocycles. The topological polar surface area (TPSA) is 54.0 Å². The lowest BCUT2D eigenvalue weighted by molar-refractivity contribution is -0.117. The molecule has 2 aromatic rings. The molecule has 0 spiro atoms. The van der Waals surface area contributed by atoms with Gasteiger partial charge in [0.25, 0.3) is 0 Å². The summed E-state index contributed by atoms with van der Waals surface area (Å²) in [4.78, 5) is 16.2. The molecule has 6 heteroatoms. The molecular weight excluding hydrogens is 305 g/mol. The molecule has 4 nitrogen and oxygen atoms in total. The Hall–Kier alpha value is -1.98. The maximum atomic E-state index is 14.7. The van der Waals surface area contributed by atoms with Crippen LogP contribution in [0.15, 0.2) is 36.5 Å². The van der Waals surface area contributed by atoms with Crippen molar-refractivity contribution in [3.8, 4) is 11.3 Å². The minimum absolute atomic E-state index is 0.137. The molecule has 1 aromatic carbocycles. The third-order valence-electron chi connectivity index (χ3n) is 3.65. The Morgan fingerprint density at radius 3 is 2.95 bits per heavy atom. The Bertz CT molecular complexity index is 702. The van der Waals surface area contributed by atoms with Crippen LogP contribution in [0.5, 0.6) is 0 Å². The van der Waals surface area contributed by atoms with Gasteiger partial charge in [0.2, 0.25) is 5.91 Å². The van der Waals surface area contributed by atoms with Gasteiger partial charge in [-0.05, 0) is 43.7 Å². The number of aromatic nitrogens is 1. The number of hydrogen-bond acceptors (Lipinski definition) is 3. The fraction of sp³-hybridized carbons (Fsp3) is 0.250. The van der Waals surface area contributed by atoms with Crippen molar-refractivity contribution in [2.24, 2.45) is 0 Å². The van der Waals surface area contributed by atoms with Gasteiger partial charge in [0, 0.05) is 11.8 Å². The van der Waals surface area contributed by atoms with Crippen molar-refractivity contribution in [3.63, 3.8) is 0 Å². The van der Waals surface area contributed by atoms with Crippen LogP contribution in [0.4, 0.5) is 10.1 Å². The molecule has 1 saturated heterocycles. The highest BCUT2D eigenvalue weighted by atomic mass is 35.5. The molecule has 0 saturated carbocycles. The minimum atomic E-state index is -0.533. The Labute approximate surface area is 132 Å². The van der Waals surface area contributed by atoms with Crippen LogP contribution in [0, 0.1) is 5.82 Å². The van der Waals surface area contributed by atoms with Crippen LogP contribution < -0.4 is 10.6 Å². The van der Waals surface area contributed by atoms with Gasteiger partial charge in [-0.25, -0.2) is 4.39 Å². The zero-order chi connectivity index (χ0) is 15.5. The second-order valence-electron chi connectivity index (χ2n) is 5.14. The molecule has 1 atom stereocenters. The first-order chi connectivity index (χ1) is 10.7. The van der Waals surface area contributed by atoms with Gasteiger partial charge in [0.05, 0.1) is 22.4 Å². The summed E-state index contributed by atoms with van der Waals surface area (Å²) in [5.41, 5.74) is 0.762. The summed E-state index contributed by atoms with van der Waals surface area (Å²) < 4.78 is 14.7. The zero-order valence-corrected chi connectivity index (χ0v) is 12.5. The van der Waals surface area contributed by atoms with E-state index in [-0.39, 0.29) is 23.2 Å². The third-order valence-corrected chi connectivity index (χ3v) is 3.95. The average Bonchev–Trinajstić information content (AvgIpc) is 3.05. The number of anilines is 1. The van der Waals surface area contributed by atoms with Crippen LogP contribution in [0.3, 0.4) is 0 Å². The smallest absolute Gasteiger partial charge is 0.241 e. The van der Waals surface area contributed by atoms with Crippen molar-refractivity contribution in [1.29, 1.82) is 0 Å². The quantitative estimate of drug-likeness (QED) is 0.913. The number of benzene rings is 1. The number of nitrogens with zero attached hydrogens (tertiary/aromatic N) is 1. The van der Waals surface area contributed by atoms with Crippen molar-refractivity contribution in [3.05, 3.63) is 47.4 Å². The van der Waals surface area contributed by atoms with E-state index in [0.29, 0.717) is 10.7 Å². The first-order valence-corrected chi connectivity index (χ1v) is 7.48. The summed E-state index contributed by atoms with van der Waals surface area (Å²) in [6, 6.07) is 7.86. The van der Waals surface area contributed by atoms with Crippen LogP contribution in [-0.4, -0.2) is 23.5 Å². The summed E-state index contributed by atoms with van der Waals surface area (Å²) in [7, 11) is 0. The summed E-state index contributed by atoms with van der Waals surface area (Å²) in [5, 5.41) is 6.08. The number of carbonyl (C=O) groups is 1. The van der Waals surface area contributed by atoms with Gasteiger partial charge in [-0.15, -0.1) is 0 Å². The molecule has 1 amide bonds. The van der Waals surface area contributed by atoms with Gasteiger partial charge < -0.3 is 10.6 Å². The van der Waals surface area contributed by atoms with Gasteiger partial charge >= 0.3 is 0 Å². The van der Waals surface area contributed by atoms with Crippen molar-refractivity contribution in [2.75, 3.05) is 11.9 Å². The van der Waals surface area contributed by atoms with Gasteiger partial charge in [-0.3, -0.25) is 9.78 Å². The standard InChI is InChI=1S/C16H15ClFN3O/c17-11-5-2-9-20-15(11)10-4-1-6-12(14(10)18)21-16(22)13-7-3-8-19-13/h1-2,4-6,9,13,19H,3,7-8H2,(H,21,22). The monoisotopic (exact) mass is 319 g/mol. The van der Waals surface area contributed by atoms with E-state index in [4.69, 9.17) is 11.6 Å². The first kappa shape index (κ1) is 14.9. The molecule has 1 aromatic heterocycles. The molecule has 0 bridgehead atoms. The molecule has 2 N–H and O–H groups in total. The van der Waals surface area contributed by atoms with E-state index >= 15 is 0 Å². The Balaban J connectivity index is 1.89. The molecule has 1 aliphatic rings. The highest BCUT2D eigenvalue weighted by Crippen LogP contribution is 2.31. The minimum Gasteiger partial charge on any atom is -0.322 e. The van der Waals surface area contributed by atoms with Crippen molar-refractivity contribution in [1.82, 2.24) is 10.3 Å². The second kappa shape index (κ2) is 6.42. The summed E-state index contributed by atoms with van der Waals surface area (Å²) >= 11 is 6.07. The lowest BCUT2D eigenvalue weighted by atomic mass is 10.1. The molecule has 1 unspecified atom stereocenters. The number of amides is 1. The fourth-order valence-corrected chi connectivity index (χ4v) is 2.75. The molecule has 0 aliphatic carbocycles. The predicted octanol–water partition coefficient (Wildman–Crippen LogP) is 3.23. The lowest BCUT2D eigenvalue weighted by Crippen LogP contribution is -2.35. The maximum absolute atomic E-state index is 14.7. The van der Waals surface area contributed by atoms with Crippen LogP contribution in [0.25, 0.3) is 11.3 Å². The number of rotatable bonds is 3. The van der Waals surface area contributed by atoms with E-state index in [0.717, 1.165) is 19.4 Å². The number of hydrogen-bond donors (Lipinski definition) is 2. The lowest BCUT2D eigenvalue weighted by Gasteiger charge is -2.13. The molecule has 1 aliphatic heterocycles. The van der Waals surface area contributed by atoms with Crippen LogP contribution in [-0.2, 0) is 4.79 Å². The van der Waals surface area contributed by atoms with E-state index in [1.165, 1.54) is 6.07 Å². The van der Waals surface area contributed by atoms with Crippen molar-refractivity contribution in [2.45, 2.75) is 18.9 Å². The second-order valence-corrected chi connectivity index (χ2v) is 5.55. The SMILES string of the molecule is O=C(Nc1cccc(-c2ncccc2Cl)c1F)C1CCCN1. The number of pyridine rings is 1. The zero-order valence-electron chi connectivity index (χ0n) is 11.8. The Morgan fingerprint density at radius 1 is 1.36 bits per heavy atom. The van der Waals surface area contributed by atoms with Gasteiger partial charge in [-0.1, -0.05) is 17.7 Å². The normalized spacial score (nSPS) is 17.5. The molecule has 3 rings (SSSR count). The number of carbonyl (C=O) groups excluding carboxylic acids is 1. The van der Waals surface area contributed by atoms with E-state index < -0.39 is 5.82 Å². The fourth-order valence-electron chi connectivity index (χ4n) is 2.52. The summed E-state index contributed by atoms with van der Waals surface area (Å²) in [5.74, 6) is -0.755. The van der Waals surface area contributed by atoms with E-state index in [1.807, 2.05) is 0 Å². The number of halogens is 2. The average molecular weight is 320 g/mol. The largest absolute Gasteiger partial charge is 0.322 e. The highest BCUT2D eigenvalue weighted by molar-refractivity contribution is 6.33.